The van der Waals surface area contributed by atoms with Gasteiger partial charge in [-0.25, -0.2) is 9.67 Å². The van der Waals surface area contributed by atoms with Crippen LogP contribution in [0.15, 0.2) is 42.7 Å². The lowest BCUT2D eigenvalue weighted by Gasteiger charge is -2.21. The first-order valence-corrected chi connectivity index (χ1v) is 12.4. The summed E-state index contributed by atoms with van der Waals surface area (Å²) in [7, 11) is 7.39. The number of benzene rings is 1. The van der Waals surface area contributed by atoms with Crippen LogP contribution in [0.1, 0.15) is 28.5 Å². The molecule has 10 heteroatoms. The number of amides is 2. The zero-order chi connectivity index (χ0) is 25.6. The van der Waals surface area contributed by atoms with E-state index in [4.69, 9.17) is 10.1 Å². The van der Waals surface area contributed by atoms with E-state index < -0.39 is 0 Å². The molecule has 36 heavy (non-hydrogen) atoms. The second-order valence-electron chi connectivity index (χ2n) is 9.10. The van der Waals surface area contributed by atoms with E-state index in [2.05, 4.69) is 10.3 Å². The molecule has 0 bridgehead atoms. The third kappa shape index (κ3) is 4.13. The molecule has 0 fully saturated rings. The summed E-state index contributed by atoms with van der Waals surface area (Å²) >= 11 is 1.46. The molecule has 1 aliphatic carbocycles. The average Bonchev–Trinajstić information content (AvgIpc) is 3.44. The Morgan fingerprint density at radius 1 is 1.11 bits per heavy atom. The van der Waals surface area contributed by atoms with Crippen molar-refractivity contribution in [2.75, 3.05) is 38.4 Å². The number of carbonyl (C=O) groups excluding carboxylic acids is 2. The van der Waals surface area contributed by atoms with Crippen molar-refractivity contribution < 1.29 is 9.59 Å². The quantitative estimate of drug-likeness (QED) is 0.446. The molecule has 0 saturated heterocycles. The molecular formula is C26H27N7O2S. The van der Waals surface area contributed by atoms with Gasteiger partial charge in [-0.1, -0.05) is 11.3 Å². The van der Waals surface area contributed by atoms with Crippen molar-refractivity contribution in [2.24, 2.45) is 0 Å². The smallest absolute Gasteiger partial charge is 0.253 e. The third-order valence-electron chi connectivity index (χ3n) is 6.06. The van der Waals surface area contributed by atoms with E-state index in [1.807, 2.05) is 60.2 Å². The van der Waals surface area contributed by atoms with Gasteiger partial charge in [0.2, 0.25) is 5.91 Å². The SMILES string of the molecule is CC(=O)Nc1nc2c(s1)-c1c(c(-c3cccnc3)nn1-c1ccc(C(=O)N(C)C)cc1N(C)C)CC2. The Hall–Kier alpha value is -4.05. The molecule has 1 aromatic carbocycles. The van der Waals surface area contributed by atoms with E-state index in [1.54, 1.807) is 25.2 Å². The maximum atomic E-state index is 12.7. The standard InChI is InChI=1S/C26H27N7O2S/c1-15(34)28-26-29-19-10-9-18-22(17-7-6-12-27-14-17)30-33(23(18)24(19)36-26)20-11-8-16(25(35)32(4)5)13-21(20)31(2)3/h6-8,11-14H,9-10H2,1-5H3,(H,28,29,34). The number of rotatable bonds is 5. The normalized spacial score (nSPS) is 12.0. The highest BCUT2D eigenvalue weighted by atomic mass is 32.1. The number of nitrogens with zero attached hydrogens (tertiary/aromatic N) is 6. The molecule has 1 aliphatic rings. The maximum absolute atomic E-state index is 12.7. The number of carbonyl (C=O) groups is 2. The van der Waals surface area contributed by atoms with Gasteiger partial charge >= 0.3 is 0 Å². The van der Waals surface area contributed by atoms with Gasteiger partial charge in [-0.3, -0.25) is 14.6 Å². The molecule has 0 saturated carbocycles. The summed E-state index contributed by atoms with van der Waals surface area (Å²) in [5, 5.41) is 8.51. The summed E-state index contributed by atoms with van der Waals surface area (Å²) in [6.07, 6.45) is 5.10. The first-order valence-electron chi connectivity index (χ1n) is 11.6. The highest BCUT2D eigenvalue weighted by Gasteiger charge is 2.31. The predicted octanol–water partition coefficient (Wildman–Crippen LogP) is 3.88. The van der Waals surface area contributed by atoms with Gasteiger partial charge in [-0.15, -0.1) is 0 Å². The molecule has 3 heterocycles. The minimum Gasteiger partial charge on any atom is -0.376 e. The summed E-state index contributed by atoms with van der Waals surface area (Å²) in [5.41, 5.74) is 7.15. The summed E-state index contributed by atoms with van der Waals surface area (Å²) in [4.78, 5) is 37.9. The molecule has 1 N–H and O–H groups in total. The molecule has 3 aromatic heterocycles. The number of hydrogen-bond acceptors (Lipinski definition) is 7. The minimum atomic E-state index is -0.151. The highest BCUT2D eigenvalue weighted by Crippen LogP contribution is 2.45. The summed E-state index contributed by atoms with van der Waals surface area (Å²) in [6, 6.07) is 9.59. The Morgan fingerprint density at radius 2 is 1.92 bits per heavy atom. The molecule has 0 aliphatic heterocycles. The number of hydrogen-bond donors (Lipinski definition) is 1. The monoisotopic (exact) mass is 501 g/mol. The van der Waals surface area contributed by atoms with Crippen LogP contribution >= 0.6 is 11.3 Å². The van der Waals surface area contributed by atoms with Crippen molar-refractivity contribution in [2.45, 2.75) is 19.8 Å². The Bertz CT molecular complexity index is 1470. The van der Waals surface area contributed by atoms with Crippen molar-refractivity contribution in [3.63, 3.8) is 0 Å². The van der Waals surface area contributed by atoms with E-state index in [0.29, 0.717) is 10.7 Å². The molecule has 5 rings (SSSR count). The van der Waals surface area contributed by atoms with Crippen LogP contribution < -0.4 is 10.2 Å². The van der Waals surface area contributed by atoms with E-state index in [0.717, 1.165) is 57.3 Å². The highest BCUT2D eigenvalue weighted by molar-refractivity contribution is 7.19. The number of pyridine rings is 1. The molecular weight excluding hydrogens is 474 g/mol. The number of fused-ring (bicyclic) bond motifs is 3. The Labute approximate surface area is 213 Å². The molecule has 2 amide bonds. The average molecular weight is 502 g/mol. The van der Waals surface area contributed by atoms with Crippen LogP contribution in [0.3, 0.4) is 0 Å². The van der Waals surface area contributed by atoms with Gasteiger partial charge < -0.3 is 15.1 Å². The lowest BCUT2D eigenvalue weighted by atomic mass is 9.95. The fourth-order valence-corrected chi connectivity index (χ4v) is 5.55. The van der Waals surface area contributed by atoms with E-state index in [9.17, 15) is 9.59 Å². The molecule has 0 spiro atoms. The first-order chi connectivity index (χ1) is 17.2. The zero-order valence-electron chi connectivity index (χ0n) is 20.9. The van der Waals surface area contributed by atoms with Crippen LogP contribution in [-0.2, 0) is 17.6 Å². The van der Waals surface area contributed by atoms with Crippen molar-refractivity contribution in [1.82, 2.24) is 24.6 Å². The Morgan fingerprint density at radius 3 is 2.58 bits per heavy atom. The topological polar surface area (TPSA) is 96.2 Å². The van der Waals surface area contributed by atoms with Crippen molar-refractivity contribution in [3.05, 3.63) is 59.5 Å². The summed E-state index contributed by atoms with van der Waals surface area (Å²) < 4.78 is 1.95. The van der Waals surface area contributed by atoms with Gasteiger partial charge in [0, 0.05) is 64.2 Å². The summed E-state index contributed by atoms with van der Waals surface area (Å²) in [5.74, 6) is -0.213. The van der Waals surface area contributed by atoms with Crippen molar-refractivity contribution in [1.29, 1.82) is 0 Å². The predicted molar refractivity (Wildman–Crippen MR) is 142 cm³/mol. The minimum absolute atomic E-state index is 0.0621. The largest absolute Gasteiger partial charge is 0.376 e. The molecule has 0 unspecified atom stereocenters. The number of nitrogens with one attached hydrogen (secondary N) is 1. The van der Waals surface area contributed by atoms with Crippen LogP contribution in [0.5, 0.6) is 0 Å². The lowest BCUT2D eigenvalue weighted by Crippen LogP contribution is -2.22. The molecule has 0 atom stereocenters. The number of anilines is 2. The Balaban J connectivity index is 1.76. The number of aromatic nitrogens is 4. The van der Waals surface area contributed by atoms with Crippen LogP contribution in [0.4, 0.5) is 10.8 Å². The second-order valence-corrected chi connectivity index (χ2v) is 10.1. The first kappa shape index (κ1) is 23.7. The second kappa shape index (κ2) is 9.19. The number of thiazole rings is 1. The van der Waals surface area contributed by atoms with Crippen LogP contribution in [0.25, 0.3) is 27.5 Å². The van der Waals surface area contributed by atoms with Gasteiger partial charge in [0.15, 0.2) is 5.13 Å². The number of aryl methyl sites for hydroxylation is 1. The fraction of sp³-hybridized carbons (Fsp3) is 0.269. The fourth-order valence-electron chi connectivity index (χ4n) is 4.44. The molecule has 4 aromatic rings. The van der Waals surface area contributed by atoms with Gasteiger partial charge in [0.25, 0.3) is 5.91 Å². The zero-order valence-corrected chi connectivity index (χ0v) is 21.7. The van der Waals surface area contributed by atoms with Crippen LogP contribution in [-0.4, -0.2) is 64.7 Å². The molecule has 184 valence electrons. The van der Waals surface area contributed by atoms with E-state index in [-0.39, 0.29) is 11.8 Å². The van der Waals surface area contributed by atoms with Crippen molar-refractivity contribution in [3.8, 4) is 27.5 Å². The molecule has 0 radical (unpaired) electrons. The van der Waals surface area contributed by atoms with Gasteiger partial charge in [0.1, 0.15) is 0 Å². The van der Waals surface area contributed by atoms with Crippen molar-refractivity contribution >= 4 is 34.0 Å². The van der Waals surface area contributed by atoms with E-state index >= 15 is 0 Å². The molecule has 9 nitrogen and oxygen atoms in total. The van der Waals surface area contributed by atoms with Gasteiger partial charge in [-0.2, -0.15) is 5.10 Å². The van der Waals surface area contributed by atoms with Crippen LogP contribution in [0, 0.1) is 0 Å². The van der Waals surface area contributed by atoms with Gasteiger partial charge in [-0.05, 0) is 43.2 Å². The third-order valence-corrected chi connectivity index (χ3v) is 7.08. The van der Waals surface area contributed by atoms with Crippen LogP contribution in [0.2, 0.25) is 0 Å². The Kier molecular flexibility index (Phi) is 6.05. The summed E-state index contributed by atoms with van der Waals surface area (Å²) in [6.45, 7) is 1.48. The van der Waals surface area contributed by atoms with E-state index in [1.165, 1.54) is 18.3 Å². The van der Waals surface area contributed by atoms with Gasteiger partial charge in [0.05, 0.1) is 33.3 Å². The lowest BCUT2D eigenvalue weighted by molar-refractivity contribution is -0.114. The maximum Gasteiger partial charge on any atom is 0.253 e.